The van der Waals surface area contributed by atoms with E-state index in [0.717, 1.165) is 16.8 Å². The second-order valence-electron chi connectivity index (χ2n) is 4.09. The quantitative estimate of drug-likeness (QED) is 0.358. The first-order valence-corrected chi connectivity index (χ1v) is 5.36. The van der Waals surface area contributed by atoms with Crippen molar-refractivity contribution in [2.24, 2.45) is 5.11 Å². The van der Waals surface area contributed by atoms with Crippen molar-refractivity contribution < 1.29 is 14.9 Å². The molecule has 0 saturated carbocycles. The molecule has 10 heteroatoms. The van der Waals surface area contributed by atoms with E-state index in [-0.39, 0.29) is 6.42 Å². The molecule has 1 fully saturated rings. The maximum Gasteiger partial charge on any atom is 0.330 e. The molecule has 2 rings (SSSR count). The number of rotatable bonds is 3. The van der Waals surface area contributed by atoms with Crippen LogP contribution in [0, 0.1) is 0 Å². The topological polar surface area (TPSA) is 153 Å². The van der Waals surface area contributed by atoms with Crippen LogP contribution >= 0.6 is 0 Å². The summed E-state index contributed by atoms with van der Waals surface area (Å²) in [7, 11) is 0. The van der Waals surface area contributed by atoms with Crippen LogP contribution < -0.4 is 11.2 Å². The second-order valence-corrected chi connectivity index (χ2v) is 4.09. The summed E-state index contributed by atoms with van der Waals surface area (Å²) in [6, 6.07) is 1.09. The number of azide groups is 1. The summed E-state index contributed by atoms with van der Waals surface area (Å²) in [5.41, 5.74) is 5.45. The van der Waals surface area contributed by atoms with Crippen molar-refractivity contribution in [3.63, 3.8) is 0 Å². The summed E-state index contributed by atoms with van der Waals surface area (Å²) in [6.45, 7) is -0.636. The maximum absolute atomic E-state index is 11.6. The van der Waals surface area contributed by atoms with Crippen molar-refractivity contribution >= 4 is 0 Å². The maximum atomic E-state index is 11.6. The Morgan fingerprint density at radius 3 is 3.00 bits per heavy atom. The van der Waals surface area contributed by atoms with Crippen LogP contribution in [0.25, 0.3) is 10.4 Å². The van der Waals surface area contributed by atoms with E-state index in [1.54, 1.807) is 0 Å². The first kappa shape index (κ1) is 13.3. The lowest BCUT2D eigenvalue weighted by Gasteiger charge is -2.21. The fourth-order valence-corrected chi connectivity index (χ4v) is 1.93. The minimum atomic E-state index is -1.62. The van der Waals surface area contributed by atoms with Gasteiger partial charge in [0.25, 0.3) is 5.56 Å². The van der Waals surface area contributed by atoms with Crippen molar-refractivity contribution in [3.05, 3.63) is 43.5 Å². The van der Waals surface area contributed by atoms with Gasteiger partial charge in [0, 0.05) is 23.6 Å². The molecule has 102 valence electrons. The smallest absolute Gasteiger partial charge is 0.330 e. The number of nitrogens with zero attached hydrogens (tertiary/aromatic N) is 4. The third-order valence-electron chi connectivity index (χ3n) is 2.80. The number of H-pyrrole nitrogens is 1. The van der Waals surface area contributed by atoms with E-state index in [0.29, 0.717) is 0 Å². The lowest BCUT2D eigenvalue weighted by Crippen LogP contribution is -2.35. The van der Waals surface area contributed by atoms with Crippen LogP contribution in [0.4, 0.5) is 0 Å². The summed E-state index contributed by atoms with van der Waals surface area (Å²) in [4.78, 5) is 27.1. The van der Waals surface area contributed by atoms with Gasteiger partial charge < -0.3 is 14.9 Å². The van der Waals surface area contributed by atoms with Crippen LogP contribution in [0.15, 0.2) is 27.0 Å². The van der Waals surface area contributed by atoms with Crippen LogP contribution in [0.2, 0.25) is 0 Å². The largest absolute Gasteiger partial charge is 0.393 e. The Kier molecular flexibility index (Phi) is 3.40. The van der Waals surface area contributed by atoms with E-state index < -0.39 is 35.9 Å². The van der Waals surface area contributed by atoms with Gasteiger partial charge >= 0.3 is 5.69 Å². The summed E-state index contributed by atoms with van der Waals surface area (Å²) in [6.07, 6.45) is -1.33. The number of aliphatic hydroxyl groups is 2. The molecule has 0 aromatic carbocycles. The molecule has 1 aromatic rings. The zero-order valence-electron chi connectivity index (χ0n) is 9.63. The third kappa shape index (κ3) is 2.37. The van der Waals surface area contributed by atoms with E-state index in [1.807, 2.05) is 4.98 Å². The fraction of sp³-hybridized carbons (Fsp3) is 0.556. The predicted octanol–water partition coefficient (Wildman–Crippen LogP) is -1.18. The van der Waals surface area contributed by atoms with Gasteiger partial charge in [-0.25, -0.2) is 4.79 Å². The predicted molar refractivity (Wildman–Crippen MR) is 61.0 cm³/mol. The van der Waals surface area contributed by atoms with E-state index in [1.165, 1.54) is 0 Å². The normalized spacial score (nSPS) is 30.0. The number of aromatic amines is 1. The number of aromatic nitrogens is 2. The number of ether oxygens (including phenoxy) is 1. The van der Waals surface area contributed by atoms with Crippen LogP contribution in [-0.4, -0.2) is 38.2 Å². The molecule has 0 bridgehead atoms. The van der Waals surface area contributed by atoms with Gasteiger partial charge in [-0.15, -0.1) is 0 Å². The van der Waals surface area contributed by atoms with Crippen LogP contribution in [0.1, 0.15) is 12.6 Å². The minimum Gasteiger partial charge on any atom is -0.393 e. The average Bonchev–Trinajstić information content (AvgIpc) is 2.68. The average molecular weight is 269 g/mol. The molecule has 0 amide bonds. The van der Waals surface area contributed by atoms with E-state index in [9.17, 15) is 19.8 Å². The summed E-state index contributed by atoms with van der Waals surface area (Å²) >= 11 is 0. The number of nitrogens with one attached hydrogen (secondary N) is 1. The molecule has 2 heterocycles. The number of aliphatic hydroxyl groups excluding tert-OH is 2. The lowest BCUT2D eigenvalue weighted by molar-refractivity contribution is -0.107. The van der Waals surface area contributed by atoms with Crippen LogP contribution in [0.3, 0.4) is 0 Å². The van der Waals surface area contributed by atoms with Crippen molar-refractivity contribution in [1.82, 2.24) is 9.55 Å². The van der Waals surface area contributed by atoms with E-state index in [2.05, 4.69) is 10.0 Å². The van der Waals surface area contributed by atoms with Gasteiger partial charge in [-0.05, 0) is 5.53 Å². The molecule has 0 aliphatic carbocycles. The Hall–Kier alpha value is -2.13. The van der Waals surface area contributed by atoms with Crippen LogP contribution in [0.5, 0.6) is 0 Å². The minimum absolute atomic E-state index is 0.163. The molecule has 19 heavy (non-hydrogen) atoms. The van der Waals surface area contributed by atoms with Gasteiger partial charge in [-0.1, -0.05) is 5.11 Å². The second kappa shape index (κ2) is 4.86. The van der Waals surface area contributed by atoms with Gasteiger partial charge in [0.1, 0.15) is 6.10 Å². The van der Waals surface area contributed by atoms with Gasteiger partial charge in [0.2, 0.25) is 0 Å². The molecule has 3 atom stereocenters. The highest BCUT2D eigenvalue weighted by Crippen LogP contribution is 2.36. The Morgan fingerprint density at radius 1 is 1.68 bits per heavy atom. The first-order valence-electron chi connectivity index (χ1n) is 5.36. The molecule has 1 aromatic heterocycles. The van der Waals surface area contributed by atoms with Crippen molar-refractivity contribution in [2.45, 2.75) is 24.5 Å². The Bertz CT molecular complexity index is 632. The number of hydrogen-bond donors (Lipinski definition) is 3. The van der Waals surface area contributed by atoms with Gasteiger partial charge in [-0.3, -0.25) is 14.3 Å². The molecule has 3 N–H and O–H groups in total. The third-order valence-corrected chi connectivity index (χ3v) is 2.80. The Balaban J connectivity index is 2.39. The van der Waals surface area contributed by atoms with Gasteiger partial charge in [0.05, 0.1) is 6.61 Å². The monoisotopic (exact) mass is 269 g/mol. The molecular weight excluding hydrogens is 258 g/mol. The lowest BCUT2D eigenvalue weighted by atomic mass is 10.1. The molecule has 1 saturated heterocycles. The fourth-order valence-electron chi connectivity index (χ4n) is 1.93. The highest BCUT2D eigenvalue weighted by atomic mass is 16.6. The zero-order valence-corrected chi connectivity index (χ0v) is 9.63. The number of hydrogen-bond acceptors (Lipinski definition) is 6. The van der Waals surface area contributed by atoms with Gasteiger partial charge in [-0.2, -0.15) is 0 Å². The van der Waals surface area contributed by atoms with Crippen molar-refractivity contribution in [3.8, 4) is 0 Å². The molecule has 0 radical (unpaired) electrons. The highest BCUT2D eigenvalue weighted by Gasteiger charge is 2.46. The van der Waals surface area contributed by atoms with E-state index >= 15 is 0 Å². The summed E-state index contributed by atoms with van der Waals surface area (Å²) in [5, 5.41) is 22.4. The SMILES string of the molecule is [N-]=[N+]=N[C@]1(CO)C[C@H](O)[C@@H](n2ccc(=O)[nH]c2=O)O1. The van der Waals surface area contributed by atoms with Crippen LogP contribution in [-0.2, 0) is 4.74 Å². The Labute approximate surface area is 105 Å². The highest BCUT2D eigenvalue weighted by molar-refractivity contribution is 4.94. The molecule has 10 nitrogen and oxygen atoms in total. The van der Waals surface area contributed by atoms with Crippen molar-refractivity contribution in [2.75, 3.05) is 6.61 Å². The van der Waals surface area contributed by atoms with Gasteiger partial charge in [0.15, 0.2) is 12.0 Å². The zero-order chi connectivity index (χ0) is 14.0. The first-order chi connectivity index (χ1) is 9.01. The standard InChI is InChI=1S/C9H11N5O5/c10-13-12-9(4-15)3-5(16)7(19-9)14-2-1-6(17)11-8(14)18/h1-2,5,7,15-16H,3-4H2,(H,11,17,18)/t5-,7-,9+/m0/s1. The molecular formula is C9H11N5O5. The summed E-state index contributed by atoms with van der Waals surface area (Å²) < 4.78 is 6.23. The molecule has 0 spiro atoms. The van der Waals surface area contributed by atoms with E-state index in [4.69, 9.17) is 10.3 Å². The molecule has 1 aliphatic rings. The summed E-state index contributed by atoms with van der Waals surface area (Å²) in [5.74, 6) is 0. The van der Waals surface area contributed by atoms with Crippen molar-refractivity contribution in [1.29, 1.82) is 0 Å². The Morgan fingerprint density at radius 2 is 2.42 bits per heavy atom. The molecule has 1 aliphatic heterocycles. The molecule has 0 unspecified atom stereocenters.